The van der Waals surface area contributed by atoms with E-state index < -0.39 is 6.10 Å². The maximum absolute atomic E-state index is 10.3. The lowest BCUT2D eigenvalue weighted by Crippen LogP contribution is -2.52. The molecular formula is C16H23Cl2NO2. The highest BCUT2D eigenvalue weighted by molar-refractivity contribution is 6.33. The molecule has 1 aromatic rings. The summed E-state index contributed by atoms with van der Waals surface area (Å²) in [7, 11) is 0. The lowest BCUT2D eigenvalue weighted by Gasteiger charge is -2.40. The molecule has 0 radical (unpaired) electrons. The predicted molar refractivity (Wildman–Crippen MR) is 86.9 cm³/mol. The number of aliphatic hydroxyl groups is 2. The Bertz CT molecular complexity index is 483. The van der Waals surface area contributed by atoms with Gasteiger partial charge in [0.15, 0.2) is 0 Å². The van der Waals surface area contributed by atoms with Crippen molar-refractivity contribution in [2.45, 2.75) is 44.2 Å². The summed E-state index contributed by atoms with van der Waals surface area (Å²) < 4.78 is 0. The van der Waals surface area contributed by atoms with Crippen LogP contribution in [0.3, 0.4) is 0 Å². The first kappa shape index (κ1) is 17.0. The van der Waals surface area contributed by atoms with E-state index in [0.717, 1.165) is 19.3 Å². The maximum Gasteiger partial charge on any atom is 0.0929 e. The first-order valence-electron chi connectivity index (χ1n) is 7.45. The first-order chi connectivity index (χ1) is 9.96. The van der Waals surface area contributed by atoms with Crippen molar-refractivity contribution in [2.24, 2.45) is 5.92 Å². The Kier molecular flexibility index (Phi) is 5.92. The van der Waals surface area contributed by atoms with Crippen LogP contribution in [-0.4, -0.2) is 28.9 Å². The molecule has 0 saturated heterocycles. The van der Waals surface area contributed by atoms with Gasteiger partial charge in [0, 0.05) is 27.7 Å². The smallest absolute Gasteiger partial charge is 0.0929 e. The van der Waals surface area contributed by atoms with Gasteiger partial charge in [-0.15, -0.1) is 0 Å². The van der Waals surface area contributed by atoms with E-state index in [9.17, 15) is 10.2 Å². The number of hydrogen-bond acceptors (Lipinski definition) is 3. The summed E-state index contributed by atoms with van der Waals surface area (Å²) in [6.45, 7) is 2.65. The monoisotopic (exact) mass is 331 g/mol. The molecule has 0 aliphatic heterocycles. The Labute approximate surface area is 136 Å². The molecule has 0 spiro atoms. The Morgan fingerprint density at radius 1 is 1.43 bits per heavy atom. The fraction of sp³-hybridized carbons (Fsp3) is 0.625. The zero-order chi connectivity index (χ0) is 15.5. The zero-order valence-electron chi connectivity index (χ0n) is 12.3. The van der Waals surface area contributed by atoms with E-state index in [-0.39, 0.29) is 12.1 Å². The van der Waals surface area contributed by atoms with Crippen molar-refractivity contribution in [3.63, 3.8) is 0 Å². The Morgan fingerprint density at radius 2 is 2.19 bits per heavy atom. The highest BCUT2D eigenvalue weighted by Gasteiger charge is 2.34. The van der Waals surface area contributed by atoms with E-state index in [1.807, 2.05) is 0 Å². The Balaban J connectivity index is 2.02. The van der Waals surface area contributed by atoms with Crippen LogP contribution in [0, 0.1) is 5.92 Å². The quantitative estimate of drug-likeness (QED) is 0.773. The van der Waals surface area contributed by atoms with Crippen molar-refractivity contribution in [3.05, 3.63) is 33.8 Å². The minimum atomic E-state index is -0.739. The summed E-state index contributed by atoms with van der Waals surface area (Å²) >= 11 is 12.1. The molecule has 1 fully saturated rings. The molecule has 21 heavy (non-hydrogen) atoms. The van der Waals surface area contributed by atoms with Gasteiger partial charge in [0.1, 0.15) is 0 Å². The molecule has 0 heterocycles. The highest BCUT2D eigenvalue weighted by atomic mass is 35.5. The molecule has 1 saturated carbocycles. The average Bonchev–Trinajstić information content (AvgIpc) is 2.47. The fourth-order valence-electron chi connectivity index (χ4n) is 3.21. The van der Waals surface area contributed by atoms with Gasteiger partial charge in [-0.25, -0.2) is 0 Å². The minimum absolute atomic E-state index is 0.0906. The molecule has 3 atom stereocenters. The van der Waals surface area contributed by atoms with E-state index in [0.29, 0.717) is 28.1 Å². The van der Waals surface area contributed by atoms with Crippen molar-refractivity contribution < 1.29 is 10.2 Å². The van der Waals surface area contributed by atoms with E-state index in [4.69, 9.17) is 23.2 Å². The van der Waals surface area contributed by atoms with E-state index >= 15 is 0 Å². The minimum Gasteiger partial charge on any atom is -0.394 e. The van der Waals surface area contributed by atoms with Crippen molar-refractivity contribution in [3.8, 4) is 0 Å². The van der Waals surface area contributed by atoms with Crippen molar-refractivity contribution in [1.82, 2.24) is 5.32 Å². The first-order valence-corrected chi connectivity index (χ1v) is 8.20. The molecule has 2 rings (SSSR count). The van der Waals surface area contributed by atoms with Crippen molar-refractivity contribution >= 4 is 23.2 Å². The average molecular weight is 332 g/mol. The van der Waals surface area contributed by atoms with Gasteiger partial charge in [-0.3, -0.25) is 0 Å². The molecule has 1 aliphatic carbocycles. The standard InChI is InChI=1S/C16H23Cl2NO2/c1-11-3-2-6-16(8-11,10-20)19-9-15(21)13-7-12(17)4-5-14(13)18/h4-5,7,11,15,19-21H,2-3,6,8-10H2,1H3. The molecule has 3 N–H and O–H groups in total. The van der Waals surface area contributed by atoms with E-state index in [1.54, 1.807) is 18.2 Å². The van der Waals surface area contributed by atoms with Crippen molar-refractivity contribution in [1.29, 1.82) is 0 Å². The molecule has 5 heteroatoms. The third-order valence-electron chi connectivity index (χ3n) is 4.38. The van der Waals surface area contributed by atoms with Crippen LogP contribution in [0.4, 0.5) is 0 Å². The van der Waals surface area contributed by atoms with Gasteiger partial charge in [-0.2, -0.15) is 0 Å². The Hall–Kier alpha value is -0.320. The third kappa shape index (κ3) is 4.33. The van der Waals surface area contributed by atoms with Gasteiger partial charge in [0.25, 0.3) is 0 Å². The lowest BCUT2D eigenvalue weighted by molar-refractivity contribution is 0.0790. The summed E-state index contributed by atoms with van der Waals surface area (Å²) in [5.74, 6) is 0.588. The Morgan fingerprint density at radius 3 is 2.86 bits per heavy atom. The number of rotatable bonds is 5. The van der Waals surface area contributed by atoms with Gasteiger partial charge in [-0.05, 0) is 37.0 Å². The molecule has 0 amide bonds. The van der Waals surface area contributed by atoms with Crippen LogP contribution in [0.15, 0.2) is 18.2 Å². The summed E-state index contributed by atoms with van der Waals surface area (Å²) in [5, 5.41) is 24.5. The molecule has 1 aliphatic rings. The number of nitrogens with one attached hydrogen (secondary N) is 1. The maximum atomic E-state index is 10.3. The SMILES string of the molecule is CC1CCCC(CO)(NCC(O)c2cc(Cl)ccc2Cl)C1. The second kappa shape index (κ2) is 7.30. The van der Waals surface area contributed by atoms with Crippen molar-refractivity contribution in [2.75, 3.05) is 13.2 Å². The topological polar surface area (TPSA) is 52.5 Å². The second-order valence-electron chi connectivity index (χ2n) is 6.20. The van der Waals surface area contributed by atoms with Gasteiger partial charge in [0.2, 0.25) is 0 Å². The van der Waals surface area contributed by atoms with Gasteiger partial charge in [-0.1, -0.05) is 43.0 Å². The molecule has 118 valence electrons. The fourth-order valence-corrected chi connectivity index (χ4v) is 3.64. The second-order valence-corrected chi connectivity index (χ2v) is 7.05. The molecule has 1 aromatic carbocycles. The van der Waals surface area contributed by atoms with E-state index in [1.165, 1.54) is 6.42 Å². The largest absolute Gasteiger partial charge is 0.394 e. The number of β-amino-alcohol motifs (C(OH)–C–C–N with tert-alkyl or cyclic N) is 1. The summed E-state index contributed by atoms with van der Waals surface area (Å²) in [5.41, 5.74) is 0.331. The molecule has 0 aromatic heterocycles. The van der Waals surface area contributed by atoms with Gasteiger partial charge >= 0.3 is 0 Å². The molecule has 0 bridgehead atoms. The van der Waals surface area contributed by atoms with Gasteiger partial charge < -0.3 is 15.5 Å². The third-order valence-corrected chi connectivity index (χ3v) is 4.96. The lowest BCUT2D eigenvalue weighted by atomic mass is 9.76. The summed E-state index contributed by atoms with van der Waals surface area (Å²) in [6, 6.07) is 5.07. The predicted octanol–water partition coefficient (Wildman–Crippen LogP) is 3.56. The van der Waals surface area contributed by atoms with Crippen LogP contribution in [0.1, 0.15) is 44.3 Å². The number of benzene rings is 1. The normalized spacial score (nSPS) is 27.6. The van der Waals surface area contributed by atoms with Gasteiger partial charge in [0.05, 0.1) is 12.7 Å². The van der Waals surface area contributed by atoms with Crippen LogP contribution >= 0.6 is 23.2 Å². The number of halogens is 2. The zero-order valence-corrected chi connectivity index (χ0v) is 13.8. The molecular weight excluding hydrogens is 309 g/mol. The number of aliphatic hydroxyl groups excluding tert-OH is 2. The number of hydrogen-bond donors (Lipinski definition) is 3. The summed E-state index contributed by atoms with van der Waals surface area (Å²) in [6.07, 6.45) is 3.43. The highest BCUT2D eigenvalue weighted by Crippen LogP contribution is 2.33. The van der Waals surface area contributed by atoms with E-state index in [2.05, 4.69) is 12.2 Å². The summed E-state index contributed by atoms with van der Waals surface area (Å²) in [4.78, 5) is 0. The molecule has 3 nitrogen and oxygen atoms in total. The van der Waals surface area contributed by atoms with Crippen LogP contribution in [0.25, 0.3) is 0 Å². The van der Waals surface area contributed by atoms with Crippen LogP contribution in [0.5, 0.6) is 0 Å². The molecule has 3 unspecified atom stereocenters. The van der Waals surface area contributed by atoms with Crippen LogP contribution < -0.4 is 5.32 Å². The van der Waals surface area contributed by atoms with Crippen LogP contribution in [-0.2, 0) is 0 Å². The van der Waals surface area contributed by atoms with Crippen LogP contribution in [0.2, 0.25) is 10.0 Å².